The summed E-state index contributed by atoms with van der Waals surface area (Å²) < 4.78 is 13.1. The number of benzene rings is 1. The van der Waals surface area contributed by atoms with E-state index in [0.29, 0.717) is 32.0 Å². The highest BCUT2D eigenvalue weighted by Gasteiger charge is 2.22. The Morgan fingerprint density at radius 1 is 1.14 bits per heavy atom. The minimum absolute atomic E-state index is 0. The van der Waals surface area contributed by atoms with Gasteiger partial charge in [0.15, 0.2) is 5.96 Å². The Balaban J connectivity index is 0.00000300. The number of carbonyl (C=O) groups excluding carboxylic acids is 1. The molecule has 1 aromatic rings. The maximum atomic E-state index is 13.1. The maximum Gasteiger partial charge on any atom is 0.224 e. The minimum Gasteiger partial charge on any atom is -0.368 e. The number of carbonyl (C=O) groups is 1. The average molecular weight is 517 g/mol. The number of anilines is 1. The summed E-state index contributed by atoms with van der Waals surface area (Å²) in [6.07, 6.45) is 2.94. The largest absolute Gasteiger partial charge is 0.368 e. The molecule has 3 rings (SSSR count). The molecule has 162 valence electrons. The van der Waals surface area contributed by atoms with Crippen LogP contribution in [0.4, 0.5) is 10.1 Å². The number of hydrogen-bond donors (Lipinski definition) is 1. The normalized spacial score (nSPS) is 20.3. The molecule has 0 aliphatic carbocycles. The van der Waals surface area contributed by atoms with E-state index in [4.69, 9.17) is 0 Å². The van der Waals surface area contributed by atoms with Gasteiger partial charge in [0.25, 0.3) is 0 Å². The Morgan fingerprint density at radius 2 is 1.83 bits per heavy atom. The summed E-state index contributed by atoms with van der Waals surface area (Å²) in [7, 11) is 1.80. The van der Waals surface area contributed by atoms with Crippen LogP contribution in [0.3, 0.4) is 0 Å². The molecule has 0 radical (unpaired) electrons. The van der Waals surface area contributed by atoms with Crippen molar-refractivity contribution >= 4 is 41.5 Å². The van der Waals surface area contributed by atoms with E-state index in [-0.39, 0.29) is 35.7 Å². The zero-order chi connectivity index (χ0) is 19.9. The zero-order valence-electron chi connectivity index (χ0n) is 17.4. The third-order valence-electron chi connectivity index (χ3n) is 5.61. The number of nitrogens with one attached hydrogen (secondary N) is 1. The number of rotatable bonds is 4. The van der Waals surface area contributed by atoms with Crippen molar-refractivity contribution in [3.8, 4) is 0 Å². The Kier molecular flexibility index (Phi) is 9.45. The van der Waals surface area contributed by atoms with Crippen molar-refractivity contribution in [1.82, 2.24) is 15.1 Å². The van der Waals surface area contributed by atoms with Crippen molar-refractivity contribution in [1.29, 1.82) is 0 Å². The zero-order valence-corrected chi connectivity index (χ0v) is 19.8. The molecule has 29 heavy (non-hydrogen) atoms. The van der Waals surface area contributed by atoms with Gasteiger partial charge in [0.2, 0.25) is 5.91 Å². The van der Waals surface area contributed by atoms with Crippen molar-refractivity contribution in [3.63, 3.8) is 0 Å². The van der Waals surface area contributed by atoms with E-state index in [1.807, 2.05) is 4.90 Å². The molecule has 1 aromatic carbocycles. The second kappa shape index (κ2) is 11.6. The number of piperazine rings is 1. The van der Waals surface area contributed by atoms with E-state index in [1.165, 1.54) is 25.0 Å². The molecule has 0 bridgehead atoms. The van der Waals surface area contributed by atoms with Gasteiger partial charge >= 0.3 is 0 Å². The number of amides is 1. The predicted molar refractivity (Wildman–Crippen MR) is 127 cm³/mol. The number of piperidine rings is 1. The highest BCUT2D eigenvalue weighted by molar-refractivity contribution is 14.0. The quantitative estimate of drug-likeness (QED) is 0.379. The van der Waals surface area contributed by atoms with Crippen LogP contribution >= 0.6 is 24.0 Å². The van der Waals surface area contributed by atoms with Gasteiger partial charge in [0.05, 0.1) is 0 Å². The van der Waals surface area contributed by atoms with Crippen molar-refractivity contribution in [2.75, 3.05) is 57.8 Å². The lowest BCUT2D eigenvalue weighted by Crippen LogP contribution is -2.50. The highest BCUT2D eigenvalue weighted by atomic mass is 127. The lowest BCUT2D eigenvalue weighted by atomic mass is 10.0. The highest BCUT2D eigenvalue weighted by Crippen LogP contribution is 2.17. The lowest BCUT2D eigenvalue weighted by Gasteiger charge is -2.36. The molecule has 0 spiro atoms. The summed E-state index contributed by atoms with van der Waals surface area (Å²) in [5.41, 5.74) is 1.01. The predicted octanol–water partition coefficient (Wildman–Crippen LogP) is 2.79. The van der Waals surface area contributed by atoms with Crippen LogP contribution in [0.25, 0.3) is 0 Å². The molecule has 6 nitrogen and oxygen atoms in total. The molecule has 2 aliphatic rings. The molecule has 1 atom stereocenters. The summed E-state index contributed by atoms with van der Waals surface area (Å²) in [5.74, 6) is 1.54. The van der Waals surface area contributed by atoms with Gasteiger partial charge in [-0.15, -0.1) is 24.0 Å². The molecule has 2 fully saturated rings. The van der Waals surface area contributed by atoms with Crippen LogP contribution in [0.1, 0.15) is 26.2 Å². The van der Waals surface area contributed by atoms with E-state index < -0.39 is 0 Å². The summed E-state index contributed by atoms with van der Waals surface area (Å²) >= 11 is 0. The van der Waals surface area contributed by atoms with Gasteiger partial charge in [-0.1, -0.05) is 6.92 Å². The van der Waals surface area contributed by atoms with Gasteiger partial charge in [0, 0.05) is 65.0 Å². The van der Waals surface area contributed by atoms with Crippen molar-refractivity contribution in [2.24, 2.45) is 10.9 Å². The van der Waals surface area contributed by atoms with E-state index in [1.54, 1.807) is 19.2 Å². The van der Waals surface area contributed by atoms with Crippen molar-refractivity contribution in [2.45, 2.75) is 26.2 Å². The molecule has 1 N–H and O–H groups in total. The van der Waals surface area contributed by atoms with E-state index in [9.17, 15) is 9.18 Å². The Morgan fingerprint density at radius 3 is 2.45 bits per heavy atom. The number of likely N-dealkylation sites (tertiary alicyclic amines) is 1. The third-order valence-corrected chi connectivity index (χ3v) is 5.61. The minimum atomic E-state index is -0.223. The average Bonchev–Trinajstić information content (AvgIpc) is 2.72. The summed E-state index contributed by atoms with van der Waals surface area (Å²) in [6, 6.07) is 6.55. The SMILES string of the molecule is CN=C(NCCC(=O)N1CCN(c2ccc(F)cc2)CC1)N1CCCC(C)C1.I. The second-order valence-electron chi connectivity index (χ2n) is 7.76. The summed E-state index contributed by atoms with van der Waals surface area (Å²) in [4.78, 5) is 23.3. The molecule has 1 unspecified atom stereocenters. The number of nitrogens with zero attached hydrogens (tertiary/aromatic N) is 4. The fourth-order valence-electron chi connectivity index (χ4n) is 4.02. The van der Waals surface area contributed by atoms with E-state index in [0.717, 1.165) is 37.8 Å². The fourth-order valence-corrected chi connectivity index (χ4v) is 4.02. The molecule has 1 amide bonds. The number of hydrogen-bond acceptors (Lipinski definition) is 3. The molecule has 2 aliphatic heterocycles. The van der Waals surface area contributed by atoms with Crippen LogP contribution in [0.15, 0.2) is 29.3 Å². The first kappa shape index (κ1) is 23.7. The maximum absolute atomic E-state index is 13.1. The van der Waals surface area contributed by atoms with Crippen LogP contribution in [-0.4, -0.2) is 74.5 Å². The van der Waals surface area contributed by atoms with Gasteiger partial charge in [-0.3, -0.25) is 9.79 Å². The van der Waals surface area contributed by atoms with Crippen LogP contribution in [0.2, 0.25) is 0 Å². The standard InChI is InChI=1S/C21H32FN5O.HI/c1-17-4-3-11-27(16-17)21(23-2)24-10-9-20(28)26-14-12-25(13-15-26)19-7-5-18(22)6-8-19;/h5-8,17H,3-4,9-16H2,1-2H3,(H,23,24);1H. The lowest BCUT2D eigenvalue weighted by molar-refractivity contribution is -0.131. The Labute approximate surface area is 190 Å². The van der Waals surface area contributed by atoms with Crippen LogP contribution in [-0.2, 0) is 4.79 Å². The number of guanidine groups is 1. The summed E-state index contributed by atoms with van der Waals surface area (Å²) in [5, 5.41) is 3.35. The van der Waals surface area contributed by atoms with Gasteiger partial charge in [-0.05, 0) is 43.0 Å². The van der Waals surface area contributed by atoms with E-state index in [2.05, 4.69) is 27.0 Å². The first-order chi connectivity index (χ1) is 13.6. The Bertz CT molecular complexity index is 676. The van der Waals surface area contributed by atoms with Crippen LogP contribution in [0.5, 0.6) is 0 Å². The van der Waals surface area contributed by atoms with Gasteiger partial charge in [-0.2, -0.15) is 0 Å². The van der Waals surface area contributed by atoms with Crippen molar-refractivity contribution in [3.05, 3.63) is 30.1 Å². The van der Waals surface area contributed by atoms with E-state index >= 15 is 0 Å². The second-order valence-corrected chi connectivity index (χ2v) is 7.76. The van der Waals surface area contributed by atoms with Crippen LogP contribution in [0, 0.1) is 11.7 Å². The molecule has 0 aromatic heterocycles. The molecule has 2 saturated heterocycles. The fraction of sp³-hybridized carbons (Fsp3) is 0.619. The number of halogens is 2. The van der Waals surface area contributed by atoms with Crippen LogP contribution < -0.4 is 10.2 Å². The third kappa shape index (κ3) is 6.72. The smallest absolute Gasteiger partial charge is 0.224 e. The van der Waals surface area contributed by atoms with Gasteiger partial charge in [0.1, 0.15) is 5.82 Å². The topological polar surface area (TPSA) is 51.2 Å². The molecule has 0 saturated carbocycles. The first-order valence-corrected chi connectivity index (χ1v) is 10.3. The van der Waals surface area contributed by atoms with Gasteiger partial charge < -0.3 is 20.0 Å². The summed E-state index contributed by atoms with van der Waals surface area (Å²) in [6.45, 7) is 7.89. The Hall–Kier alpha value is -1.58. The molecule has 8 heteroatoms. The van der Waals surface area contributed by atoms with Crippen molar-refractivity contribution < 1.29 is 9.18 Å². The molecule has 2 heterocycles. The van der Waals surface area contributed by atoms with Gasteiger partial charge in [-0.25, -0.2) is 4.39 Å². The monoisotopic (exact) mass is 517 g/mol. The number of aliphatic imine (C=N–C) groups is 1. The first-order valence-electron chi connectivity index (χ1n) is 10.3. The molecular formula is C21H33FIN5O. The molecular weight excluding hydrogens is 484 g/mol.